The normalized spacial score (nSPS) is 10.2. The van der Waals surface area contributed by atoms with E-state index >= 15 is 0 Å². The van der Waals surface area contributed by atoms with E-state index in [1.165, 1.54) is 29.3 Å². The first-order valence-corrected chi connectivity index (χ1v) is 5.97. The average Bonchev–Trinajstić information content (AvgIpc) is 2.88. The van der Waals surface area contributed by atoms with Gasteiger partial charge >= 0.3 is 5.97 Å². The summed E-state index contributed by atoms with van der Waals surface area (Å²) >= 11 is 5.86. The van der Waals surface area contributed by atoms with E-state index in [4.69, 9.17) is 16.7 Å². The number of rotatable bonds is 5. The van der Waals surface area contributed by atoms with Crippen molar-refractivity contribution < 1.29 is 14.7 Å². The van der Waals surface area contributed by atoms with Crippen molar-refractivity contribution in [3.05, 3.63) is 40.9 Å². The van der Waals surface area contributed by atoms with E-state index in [-0.39, 0.29) is 23.7 Å². The van der Waals surface area contributed by atoms with Crippen LogP contribution in [0.1, 0.15) is 20.8 Å². The van der Waals surface area contributed by atoms with Gasteiger partial charge in [-0.3, -0.25) is 9.78 Å². The summed E-state index contributed by atoms with van der Waals surface area (Å²) in [5, 5.41) is 18.7. The number of nitrogens with one attached hydrogen (secondary N) is 1. The number of carboxylic acids is 1. The molecule has 0 radical (unpaired) electrons. The molecular formula is C11H10ClN5O3. The van der Waals surface area contributed by atoms with Crippen molar-refractivity contribution in [2.75, 3.05) is 6.54 Å². The fraction of sp³-hybridized carbons (Fsp3) is 0.182. The van der Waals surface area contributed by atoms with Crippen molar-refractivity contribution in [3.8, 4) is 0 Å². The lowest BCUT2D eigenvalue weighted by Crippen LogP contribution is -2.27. The van der Waals surface area contributed by atoms with E-state index in [0.29, 0.717) is 11.6 Å². The van der Waals surface area contributed by atoms with Gasteiger partial charge in [-0.25, -0.2) is 9.48 Å². The highest BCUT2D eigenvalue weighted by molar-refractivity contribution is 6.33. The molecule has 0 aliphatic heterocycles. The molecule has 0 spiro atoms. The van der Waals surface area contributed by atoms with Gasteiger partial charge in [0.2, 0.25) is 0 Å². The van der Waals surface area contributed by atoms with Crippen LogP contribution in [0.4, 0.5) is 0 Å². The largest absolute Gasteiger partial charge is 0.476 e. The van der Waals surface area contributed by atoms with Gasteiger partial charge in [0, 0.05) is 18.9 Å². The molecule has 0 saturated carbocycles. The maximum atomic E-state index is 11.8. The van der Waals surface area contributed by atoms with E-state index in [1.54, 1.807) is 0 Å². The Hall–Kier alpha value is -2.48. The number of carbonyl (C=O) groups excluding carboxylic acids is 1. The third-order valence-electron chi connectivity index (χ3n) is 2.40. The average molecular weight is 296 g/mol. The third-order valence-corrected chi connectivity index (χ3v) is 2.73. The molecule has 0 saturated heterocycles. The van der Waals surface area contributed by atoms with Crippen molar-refractivity contribution in [3.63, 3.8) is 0 Å². The Morgan fingerprint density at radius 1 is 1.45 bits per heavy atom. The van der Waals surface area contributed by atoms with Crippen molar-refractivity contribution in [2.24, 2.45) is 0 Å². The van der Waals surface area contributed by atoms with Crippen molar-refractivity contribution in [1.82, 2.24) is 25.3 Å². The molecule has 0 aromatic carbocycles. The maximum Gasteiger partial charge on any atom is 0.358 e. The van der Waals surface area contributed by atoms with Crippen LogP contribution in [0.15, 0.2) is 24.7 Å². The highest BCUT2D eigenvalue weighted by Gasteiger charge is 2.10. The van der Waals surface area contributed by atoms with E-state index in [2.05, 4.69) is 20.6 Å². The van der Waals surface area contributed by atoms with Crippen LogP contribution in [0.5, 0.6) is 0 Å². The number of carbonyl (C=O) groups is 2. The zero-order valence-electron chi connectivity index (χ0n) is 10.2. The SMILES string of the molecule is O=C(O)c1cn(CCNC(=O)c2cnccc2Cl)nn1. The first kappa shape index (κ1) is 13.9. The Bertz CT molecular complexity index is 642. The van der Waals surface area contributed by atoms with Crippen LogP contribution in [0.2, 0.25) is 5.02 Å². The van der Waals surface area contributed by atoms with Gasteiger partial charge in [0.15, 0.2) is 5.69 Å². The molecule has 9 heteroatoms. The number of hydrogen-bond acceptors (Lipinski definition) is 5. The first-order valence-electron chi connectivity index (χ1n) is 5.59. The molecule has 2 aromatic heterocycles. The Balaban J connectivity index is 1.88. The molecule has 2 N–H and O–H groups in total. The molecule has 20 heavy (non-hydrogen) atoms. The summed E-state index contributed by atoms with van der Waals surface area (Å²) in [6.45, 7) is 0.552. The lowest BCUT2D eigenvalue weighted by molar-refractivity contribution is 0.0690. The number of halogens is 1. The summed E-state index contributed by atoms with van der Waals surface area (Å²) in [6.07, 6.45) is 4.14. The van der Waals surface area contributed by atoms with Crippen LogP contribution in [-0.2, 0) is 6.54 Å². The minimum atomic E-state index is -1.15. The minimum Gasteiger partial charge on any atom is -0.476 e. The number of nitrogens with zero attached hydrogens (tertiary/aromatic N) is 4. The maximum absolute atomic E-state index is 11.8. The second-order valence-electron chi connectivity index (χ2n) is 3.78. The van der Waals surface area contributed by atoms with Crippen molar-refractivity contribution >= 4 is 23.5 Å². The number of pyridine rings is 1. The van der Waals surface area contributed by atoms with Crippen LogP contribution < -0.4 is 5.32 Å². The molecule has 1 amide bonds. The molecule has 0 fully saturated rings. The molecule has 0 atom stereocenters. The van der Waals surface area contributed by atoms with Gasteiger partial charge < -0.3 is 10.4 Å². The van der Waals surface area contributed by atoms with Crippen molar-refractivity contribution in [1.29, 1.82) is 0 Å². The molecule has 0 aliphatic rings. The topological polar surface area (TPSA) is 110 Å². The molecule has 0 aliphatic carbocycles. The van der Waals surface area contributed by atoms with Crippen molar-refractivity contribution in [2.45, 2.75) is 6.54 Å². The van der Waals surface area contributed by atoms with Gasteiger partial charge in [-0.1, -0.05) is 16.8 Å². The Kier molecular flexibility index (Phi) is 4.26. The number of amides is 1. The monoisotopic (exact) mass is 295 g/mol. The molecule has 2 heterocycles. The fourth-order valence-corrected chi connectivity index (χ4v) is 1.62. The summed E-state index contributed by atoms with van der Waals surface area (Å²) < 4.78 is 1.33. The highest BCUT2D eigenvalue weighted by atomic mass is 35.5. The highest BCUT2D eigenvalue weighted by Crippen LogP contribution is 2.12. The Labute approximate surface area is 118 Å². The number of aromatic carboxylic acids is 1. The zero-order chi connectivity index (χ0) is 14.5. The lowest BCUT2D eigenvalue weighted by Gasteiger charge is -2.05. The van der Waals surface area contributed by atoms with Gasteiger partial charge in [-0.15, -0.1) is 5.10 Å². The van der Waals surface area contributed by atoms with Gasteiger partial charge in [0.1, 0.15) is 0 Å². The zero-order valence-corrected chi connectivity index (χ0v) is 10.9. The standard InChI is InChI=1S/C11H10ClN5O3/c12-8-1-2-13-5-7(8)10(18)14-3-4-17-6-9(11(19)20)15-16-17/h1-2,5-6H,3-4H2,(H,14,18)(H,19,20). The second-order valence-corrected chi connectivity index (χ2v) is 4.19. The molecule has 104 valence electrons. The quantitative estimate of drug-likeness (QED) is 0.829. The van der Waals surface area contributed by atoms with E-state index in [0.717, 1.165) is 0 Å². The fourth-order valence-electron chi connectivity index (χ4n) is 1.43. The van der Waals surface area contributed by atoms with Gasteiger partial charge in [0.25, 0.3) is 5.91 Å². The summed E-state index contributed by atoms with van der Waals surface area (Å²) in [5.74, 6) is -1.51. The first-order chi connectivity index (χ1) is 9.58. The van der Waals surface area contributed by atoms with Crippen LogP contribution >= 0.6 is 11.6 Å². The molecule has 2 aromatic rings. The van der Waals surface area contributed by atoms with Crippen LogP contribution in [-0.4, -0.2) is 43.5 Å². The van der Waals surface area contributed by atoms with Gasteiger partial charge in [-0.2, -0.15) is 0 Å². The minimum absolute atomic E-state index is 0.147. The lowest BCUT2D eigenvalue weighted by atomic mass is 10.2. The molecule has 0 unspecified atom stereocenters. The van der Waals surface area contributed by atoms with Gasteiger partial charge in [0.05, 0.1) is 23.3 Å². The summed E-state index contributed by atoms with van der Waals surface area (Å²) in [4.78, 5) is 26.2. The van der Waals surface area contributed by atoms with E-state index in [1.807, 2.05) is 0 Å². The summed E-state index contributed by atoms with van der Waals surface area (Å²) in [6, 6.07) is 1.52. The van der Waals surface area contributed by atoms with Gasteiger partial charge in [-0.05, 0) is 6.07 Å². The van der Waals surface area contributed by atoms with Crippen LogP contribution in [0.25, 0.3) is 0 Å². The smallest absolute Gasteiger partial charge is 0.358 e. The number of carboxylic acid groups (broad SMARTS) is 1. The Morgan fingerprint density at radius 2 is 2.25 bits per heavy atom. The second kappa shape index (κ2) is 6.11. The van der Waals surface area contributed by atoms with E-state index in [9.17, 15) is 9.59 Å². The number of aromatic nitrogens is 4. The van der Waals surface area contributed by atoms with E-state index < -0.39 is 5.97 Å². The molecule has 0 bridgehead atoms. The third kappa shape index (κ3) is 3.29. The predicted molar refractivity (Wildman–Crippen MR) is 68.6 cm³/mol. The predicted octanol–water partition coefficient (Wildman–Crippen LogP) is 0.455. The summed E-state index contributed by atoms with van der Waals surface area (Å²) in [5.41, 5.74) is 0.130. The molecule has 8 nitrogen and oxygen atoms in total. The van der Waals surface area contributed by atoms with Crippen LogP contribution in [0, 0.1) is 0 Å². The Morgan fingerprint density at radius 3 is 2.90 bits per heavy atom. The van der Waals surface area contributed by atoms with Crippen LogP contribution in [0.3, 0.4) is 0 Å². The molecular weight excluding hydrogens is 286 g/mol. The number of hydrogen-bond donors (Lipinski definition) is 2. The summed E-state index contributed by atoms with van der Waals surface area (Å²) in [7, 11) is 0. The molecule has 2 rings (SSSR count).